The van der Waals surface area contributed by atoms with Crippen molar-refractivity contribution in [3.05, 3.63) is 72.3 Å². The lowest BCUT2D eigenvalue weighted by atomic mass is 10.3. The van der Waals surface area contributed by atoms with E-state index >= 15 is 0 Å². The first-order valence-electron chi connectivity index (χ1n) is 8.55. The quantitative estimate of drug-likeness (QED) is 0.581. The van der Waals surface area contributed by atoms with E-state index in [1.54, 1.807) is 13.2 Å². The van der Waals surface area contributed by atoms with Gasteiger partial charge >= 0.3 is 0 Å². The molecule has 3 aromatic rings. The molecule has 8 heteroatoms. The van der Waals surface area contributed by atoms with Gasteiger partial charge in [-0.1, -0.05) is 6.07 Å². The van der Waals surface area contributed by atoms with Gasteiger partial charge in [0.2, 0.25) is 5.95 Å². The van der Waals surface area contributed by atoms with E-state index in [2.05, 4.69) is 20.6 Å². The van der Waals surface area contributed by atoms with Crippen LogP contribution in [0.3, 0.4) is 0 Å². The maximum Gasteiger partial charge on any atom is 0.274 e. The molecule has 1 heterocycles. The van der Waals surface area contributed by atoms with Crippen LogP contribution < -0.4 is 20.1 Å². The summed E-state index contributed by atoms with van der Waals surface area (Å²) in [4.78, 5) is 20.5. The van der Waals surface area contributed by atoms with E-state index in [0.717, 1.165) is 5.75 Å². The van der Waals surface area contributed by atoms with Gasteiger partial charge in [-0.05, 0) is 48.5 Å². The minimum atomic E-state index is -0.453. The van der Waals surface area contributed by atoms with E-state index in [1.807, 2.05) is 24.3 Å². The highest BCUT2D eigenvalue weighted by atomic mass is 19.1. The fraction of sp³-hybridized carbons (Fsp3) is 0.150. The van der Waals surface area contributed by atoms with Gasteiger partial charge in [-0.25, -0.2) is 14.4 Å². The van der Waals surface area contributed by atoms with Crippen LogP contribution in [0.5, 0.6) is 11.5 Å². The number of hydrogen-bond donors (Lipinski definition) is 2. The Morgan fingerprint density at radius 3 is 2.64 bits per heavy atom. The largest absolute Gasteiger partial charge is 0.497 e. The molecule has 0 spiro atoms. The van der Waals surface area contributed by atoms with E-state index < -0.39 is 11.7 Å². The minimum Gasteiger partial charge on any atom is -0.497 e. The average molecular weight is 382 g/mol. The molecule has 144 valence electrons. The third kappa shape index (κ3) is 5.41. The molecule has 0 saturated heterocycles. The van der Waals surface area contributed by atoms with Gasteiger partial charge in [-0.2, -0.15) is 0 Å². The standard InChI is InChI=1S/C20H19FN4O3/c1-27-16-5-7-17(8-6-16)28-12-11-23-20-22-10-9-18(25-20)19(26)24-15-4-2-3-14(21)13-15/h2-10,13H,11-12H2,1H3,(H,24,26)(H,22,23,25). The fourth-order valence-electron chi connectivity index (χ4n) is 2.34. The number of rotatable bonds is 8. The van der Waals surface area contributed by atoms with Crippen LogP contribution in [0.4, 0.5) is 16.0 Å². The average Bonchev–Trinajstić information content (AvgIpc) is 2.72. The summed E-state index contributed by atoms with van der Waals surface area (Å²) in [5, 5.41) is 5.59. The molecule has 0 atom stereocenters. The molecule has 2 N–H and O–H groups in total. The van der Waals surface area contributed by atoms with Crippen LogP contribution >= 0.6 is 0 Å². The molecule has 3 rings (SSSR count). The zero-order valence-corrected chi connectivity index (χ0v) is 15.2. The van der Waals surface area contributed by atoms with Crippen LogP contribution in [0.1, 0.15) is 10.5 Å². The predicted octanol–water partition coefficient (Wildman–Crippen LogP) is 3.37. The highest BCUT2D eigenvalue weighted by molar-refractivity contribution is 6.02. The van der Waals surface area contributed by atoms with Gasteiger partial charge in [0, 0.05) is 11.9 Å². The molecule has 7 nitrogen and oxygen atoms in total. The molecular weight excluding hydrogens is 363 g/mol. The number of carbonyl (C=O) groups is 1. The van der Waals surface area contributed by atoms with Gasteiger partial charge in [0.25, 0.3) is 5.91 Å². The molecule has 0 saturated carbocycles. The summed E-state index contributed by atoms with van der Waals surface area (Å²) in [6, 6.07) is 14.4. The molecule has 0 aliphatic heterocycles. The third-order valence-corrected chi connectivity index (χ3v) is 3.68. The number of carbonyl (C=O) groups excluding carboxylic acids is 1. The molecule has 1 amide bonds. The summed E-state index contributed by atoms with van der Waals surface area (Å²) in [6.07, 6.45) is 1.47. The van der Waals surface area contributed by atoms with Gasteiger partial charge in [-0.15, -0.1) is 0 Å². The Morgan fingerprint density at radius 1 is 1.11 bits per heavy atom. The monoisotopic (exact) mass is 382 g/mol. The SMILES string of the molecule is COc1ccc(OCCNc2nccc(C(=O)Nc3cccc(F)c3)n2)cc1. The minimum absolute atomic E-state index is 0.165. The van der Waals surface area contributed by atoms with Gasteiger partial charge < -0.3 is 20.1 Å². The molecular formula is C20H19FN4O3. The van der Waals surface area contributed by atoms with Crippen molar-refractivity contribution in [2.75, 3.05) is 30.9 Å². The maximum absolute atomic E-state index is 13.2. The summed E-state index contributed by atoms with van der Waals surface area (Å²) in [5.74, 6) is 0.884. The Bertz CT molecular complexity index is 935. The summed E-state index contributed by atoms with van der Waals surface area (Å²) in [5.41, 5.74) is 0.517. The Balaban J connectivity index is 1.50. The normalized spacial score (nSPS) is 10.2. The molecule has 0 radical (unpaired) electrons. The van der Waals surface area contributed by atoms with Crippen molar-refractivity contribution in [2.24, 2.45) is 0 Å². The zero-order valence-electron chi connectivity index (χ0n) is 15.2. The van der Waals surface area contributed by atoms with E-state index in [1.165, 1.54) is 30.5 Å². The van der Waals surface area contributed by atoms with Crippen LogP contribution in [0, 0.1) is 5.82 Å². The second kappa shape index (κ2) is 9.31. The van der Waals surface area contributed by atoms with Crippen molar-refractivity contribution in [3.63, 3.8) is 0 Å². The number of benzene rings is 2. The number of halogens is 1. The Labute approximate surface area is 161 Å². The number of nitrogens with one attached hydrogen (secondary N) is 2. The molecule has 28 heavy (non-hydrogen) atoms. The van der Waals surface area contributed by atoms with Crippen LogP contribution in [0.2, 0.25) is 0 Å². The summed E-state index contributed by atoms with van der Waals surface area (Å²) >= 11 is 0. The summed E-state index contributed by atoms with van der Waals surface area (Å²) < 4.78 is 23.9. The number of ether oxygens (including phenoxy) is 2. The number of amides is 1. The Hall–Kier alpha value is -3.68. The van der Waals surface area contributed by atoms with Crippen LogP contribution in [0.25, 0.3) is 0 Å². The number of hydrogen-bond acceptors (Lipinski definition) is 6. The molecule has 0 bridgehead atoms. The molecule has 2 aromatic carbocycles. The number of aromatic nitrogens is 2. The molecule has 0 unspecified atom stereocenters. The zero-order chi connectivity index (χ0) is 19.8. The van der Waals surface area contributed by atoms with Gasteiger partial charge in [-0.3, -0.25) is 4.79 Å². The smallest absolute Gasteiger partial charge is 0.274 e. The number of anilines is 2. The van der Waals surface area contributed by atoms with E-state index in [9.17, 15) is 9.18 Å². The highest BCUT2D eigenvalue weighted by Crippen LogP contribution is 2.16. The van der Waals surface area contributed by atoms with Crippen LogP contribution in [-0.4, -0.2) is 36.1 Å². The van der Waals surface area contributed by atoms with Crippen molar-refractivity contribution in [2.45, 2.75) is 0 Å². The summed E-state index contributed by atoms with van der Waals surface area (Å²) in [7, 11) is 1.60. The Morgan fingerprint density at radius 2 is 1.89 bits per heavy atom. The lowest BCUT2D eigenvalue weighted by Gasteiger charge is -2.09. The van der Waals surface area contributed by atoms with E-state index in [0.29, 0.717) is 30.5 Å². The second-order valence-corrected chi connectivity index (χ2v) is 5.68. The Kier molecular flexibility index (Phi) is 6.35. The van der Waals surface area contributed by atoms with Crippen LogP contribution in [-0.2, 0) is 0 Å². The molecule has 0 aliphatic carbocycles. The lowest BCUT2D eigenvalue weighted by molar-refractivity contribution is 0.102. The first kappa shape index (κ1) is 19.1. The van der Waals surface area contributed by atoms with Crippen LogP contribution in [0.15, 0.2) is 60.8 Å². The maximum atomic E-state index is 13.2. The summed E-state index contributed by atoms with van der Waals surface area (Å²) in [6.45, 7) is 0.830. The van der Waals surface area contributed by atoms with Crippen molar-refractivity contribution in [1.82, 2.24) is 9.97 Å². The van der Waals surface area contributed by atoms with Gasteiger partial charge in [0.05, 0.1) is 13.7 Å². The second-order valence-electron chi connectivity index (χ2n) is 5.68. The molecule has 0 aliphatic rings. The third-order valence-electron chi connectivity index (χ3n) is 3.68. The van der Waals surface area contributed by atoms with E-state index in [-0.39, 0.29) is 5.69 Å². The highest BCUT2D eigenvalue weighted by Gasteiger charge is 2.09. The van der Waals surface area contributed by atoms with Crippen molar-refractivity contribution in [1.29, 1.82) is 0 Å². The topological polar surface area (TPSA) is 85.4 Å². The first-order chi connectivity index (χ1) is 13.6. The van der Waals surface area contributed by atoms with Crippen molar-refractivity contribution in [3.8, 4) is 11.5 Å². The predicted molar refractivity (Wildman–Crippen MR) is 103 cm³/mol. The van der Waals surface area contributed by atoms with Crippen molar-refractivity contribution >= 4 is 17.5 Å². The number of methoxy groups -OCH3 is 1. The van der Waals surface area contributed by atoms with E-state index in [4.69, 9.17) is 9.47 Å². The van der Waals surface area contributed by atoms with Crippen molar-refractivity contribution < 1.29 is 18.7 Å². The first-order valence-corrected chi connectivity index (χ1v) is 8.55. The molecule has 1 aromatic heterocycles. The fourth-order valence-corrected chi connectivity index (χ4v) is 2.34. The van der Waals surface area contributed by atoms with Gasteiger partial charge in [0.15, 0.2) is 0 Å². The lowest BCUT2D eigenvalue weighted by Crippen LogP contribution is -2.17. The molecule has 0 fully saturated rings. The van der Waals surface area contributed by atoms with Gasteiger partial charge in [0.1, 0.15) is 29.6 Å². The number of nitrogens with zero attached hydrogens (tertiary/aromatic N) is 2.